The molecule has 0 saturated heterocycles. The molecule has 1 amide bonds. The molecule has 5 heteroatoms. The van der Waals surface area contributed by atoms with Crippen LogP contribution in [0.4, 0.5) is 0 Å². The van der Waals surface area contributed by atoms with E-state index >= 15 is 0 Å². The van der Waals surface area contributed by atoms with Crippen molar-refractivity contribution in [3.8, 4) is 0 Å². The van der Waals surface area contributed by atoms with Crippen molar-refractivity contribution in [2.45, 2.75) is 26.3 Å². The molecule has 0 saturated carbocycles. The molecule has 1 heterocycles. The topological polar surface area (TPSA) is 59.0 Å². The van der Waals surface area contributed by atoms with Gasteiger partial charge in [-0.3, -0.25) is 4.79 Å². The van der Waals surface area contributed by atoms with Gasteiger partial charge in [-0.1, -0.05) is 0 Å². The van der Waals surface area contributed by atoms with Gasteiger partial charge in [-0.25, -0.2) is 9.80 Å². The molecule has 0 fully saturated rings. The van der Waals surface area contributed by atoms with Crippen LogP contribution in [0.25, 0.3) is 0 Å². The molecule has 0 aromatic heterocycles. The molecule has 0 N–H and O–H groups in total. The quantitative estimate of drug-likeness (QED) is 0.545. The van der Waals surface area contributed by atoms with Crippen molar-refractivity contribution in [2.24, 2.45) is 5.10 Å². The number of ether oxygens (including phenoxy) is 1. The van der Waals surface area contributed by atoms with E-state index in [0.29, 0.717) is 6.42 Å². The van der Waals surface area contributed by atoms with Crippen LogP contribution in [0.3, 0.4) is 0 Å². The van der Waals surface area contributed by atoms with Crippen molar-refractivity contribution in [1.29, 1.82) is 0 Å². The zero-order valence-corrected chi connectivity index (χ0v) is 7.90. The van der Waals surface area contributed by atoms with Gasteiger partial charge in [0, 0.05) is 19.1 Å². The zero-order chi connectivity index (χ0) is 10.0. The van der Waals surface area contributed by atoms with Crippen LogP contribution in [0.2, 0.25) is 0 Å². The van der Waals surface area contributed by atoms with Crippen molar-refractivity contribution in [1.82, 2.24) is 5.01 Å². The summed E-state index contributed by atoms with van der Waals surface area (Å²) in [6.07, 6.45) is 0.465. The van der Waals surface area contributed by atoms with E-state index in [0.717, 1.165) is 5.71 Å². The summed E-state index contributed by atoms with van der Waals surface area (Å²) >= 11 is 0. The summed E-state index contributed by atoms with van der Waals surface area (Å²) in [4.78, 5) is 22.2. The van der Waals surface area contributed by atoms with E-state index in [4.69, 9.17) is 0 Å². The zero-order valence-electron chi connectivity index (χ0n) is 7.90. The van der Waals surface area contributed by atoms with E-state index in [9.17, 15) is 9.59 Å². The molecule has 1 unspecified atom stereocenters. The van der Waals surface area contributed by atoms with Gasteiger partial charge >= 0.3 is 5.97 Å². The number of carbonyl (C=O) groups excluding carboxylic acids is 2. The molecule has 0 spiro atoms. The van der Waals surface area contributed by atoms with Crippen molar-refractivity contribution < 1.29 is 14.3 Å². The predicted octanol–water partition coefficient (Wildman–Crippen LogP) is 0.156. The minimum absolute atomic E-state index is 0.243. The maximum absolute atomic E-state index is 11.2. The van der Waals surface area contributed by atoms with Crippen molar-refractivity contribution >= 4 is 17.6 Å². The predicted molar refractivity (Wildman–Crippen MR) is 46.1 cm³/mol. The first-order valence-corrected chi connectivity index (χ1v) is 3.98. The van der Waals surface area contributed by atoms with E-state index < -0.39 is 12.0 Å². The standard InChI is InChI=1S/C8H12N2O3/c1-5-4-7(8(12)13-3)10(9-5)6(2)11/h7H,4H2,1-3H3. The number of carbonyl (C=O) groups is 2. The number of hydrogen-bond acceptors (Lipinski definition) is 4. The molecule has 0 aromatic rings. The third-order valence-electron chi connectivity index (χ3n) is 1.86. The fraction of sp³-hybridized carbons (Fsp3) is 0.625. The minimum atomic E-state index is -0.567. The lowest BCUT2D eigenvalue weighted by Crippen LogP contribution is -2.38. The summed E-state index contributed by atoms with van der Waals surface area (Å²) in [7, 11) is 1.30. The van der Waals surface area contributed by atoms with E-state index in [1.807, 2.05) is 0 Å². The first-order valence-electron chi connectivity index (χ1n) is 3.98. The average Bonchev–Trinajstić information content (AvgIpc) is 2.46. The van der Waals surface area contributed by atoms with Crippen LogP contribution < -0.4 is 0 Å². The third kappa shape index (κ3) is 1.85. The van der Waals surface area contributed by atoms with Crippen LogP contribution in [0.15, 0.2) is 5.10 Å². The van der Waals surface area contributed by atoms with Crippen LogP contribution in [0.5, 0.6) is 0 Å². The van der Waals surface area contributed by atoms with Gasteiger partial charge in [-0.05, 0) is 6.92 Å². The molecule has 72 valence electrons. The normalized spacial score (nSPS) is 21.3. The average molecular weight is 184 g/mol. The molecule has 1 rings (SSSR count). The Labute approximate surface area is 76.3 Å². The molecule has 0 bridgehead atoms. The summed E-state index contributed by atoms with van der Waals surface area (Å²) in [5, 5.41) is 5.11. The van der Waals surface area contributed by atoms with Gasteiger partial charge in [0.25, 0.3) is 0 Å². The molecular weight excluding hydrogens is 172 g/mol. The fourth-order valence-electron chi connectivity index (χ4n) is 1.27. The largest absolute Gasteiger partial charge is 0.467 e. The molecule has 0 aromatic carbocycles. The Balaban J connectivity index is 2.79. The maximum Gasteiger partial charge on any atom is 0.331 e. The number of amides is 1. The molecule has 1 aliphatic rings. The van der Waals surface area contributed by atoms with Crippen molar-refractivity contribution in [2.75, 3.05) is 7.11 Å². The molecule has 5 nitrogen and oxygen atoms in total. The van der Waals surface area contributed by atoms with Crippen LogP contribution in [0, 0.1) is 0 Å². The molecule has 13 heavy (non-hydrogen) atoms. The second-order valence-electron chi connectivity index (χ2n) is 2.94. The number of methoxy groups -OCH3 is 1. The van der Waals surface area contributed by atoms with Gasteiger partial charge in [-0.15, -0.1) is 0 Å². The smallest absolute Gasteiger partial charge is 0.331 e. The Morgan fingerprint density at radius 2 is 2.23 bits per heavy atom. The van der Waals surface area contributed by atoms with Crippen LogP contribution >= 0.6 is 0 Å². The highest BCUT2D eigenvalue weighted by Crippen LogP contribution is 2.16. The summed E-state index contributed by atoms with van der Waals surface area (Å²) in [5.74, 6) is -0.664. The molecule has 0 aliphatic carbocycles. The Hall–Kier alpha value is -1.39. The monoisotopic (exact) mass is 184 g/mol. The maximum atomic E-state index is 11.2. The highest BCUT2D eigenvalue weighted by atomic mass is 16.5. The molecule has 0 radical (unpaired) electrons. The molecule has 1 aliphatic heterocycles. The first kappa shape index (κ1) is 9.70. The van der Waals surface area contributed by atoms with Gasteiger partial charge in [0.2, 0.25) is 5.91 Å². The number of rotatable bonds is 1. The summed E-state index contributed by atoms with van der Waals surface area (Å²) < 4.78 is 4.56. The first-order chi connectivity index (χ1) is 6.06. The van der Waals surface area contributed by atoms with E-state index in [-0.39, 0.29) is 5.91 Å². The lowest BCUT2D eigenvalue weighted by atomic mass is 10.1. The lowest BCUT2D eigenvalue weighted by Gasteiger charge is -2.17. The Bertz CT molecular complexity index is 273. The van der Waals surface area contributed by atoms with Gasteiger partial charge < -0.3 is 4.74 Å². The summed E-state index contributed by atoms with van der Waals surface area (Å²) in [6.45, 7) is 3.15. The second kappa shape index (κ2) is 3.55. The molecule has 1 atom stereocenters. The fourth-order valence-corrected chi connectivity index (χ4v) is 1.27. The van der Waals surface area contributed by atoms with E-state index in [2.05, 4.69) is 9.84 Å². The number of esters is 1. The third-order valence-corrected chi connectivity index (χ3v) is 1.86. The van der Waals surface area contributed by atoms with Crippen LogP contribution in [-0.4, -0.2) is 35.7 Å². The van der Waals surface area contributed by atoms with Gasteiger partial charge in [0.15, 0.2) is 6.04 Å². The Kier molecular flexibility index (Phi) is 2.65. The Morgan fingerprint density at radius 3 is 2.69 bits per heavy atom. The minimum Gasteiger partial charge on any atom is -0.467 e. The molecular formula is C8H12N2O3. The number of nitrogens with zero attached hydrogens (tertiary/aromatic N) is 2. The van der Waals surface area contributed by atoms with E-state index in [1.165, 1.54) is 19.0 Å². The van der Waals surface area contributed by atoms with Crippen LogP contribution in [-0.2, 0) is 14.3 Å². The number of hydrogen-bond donors (Lipinski definition) is 0. The summed E-state index contributed by atoms with van der Waals surface area (Å²) in [6, 6.07) is -0.567. The summed E-state index contributed by atoms with van der Waals surface area (Å²) in [5.41, 5.74) is 0.769. The van der Waals surface area contributed by atoms with Crippen LogP contribution in [0.1, 0.15) is 20.3 Å². The Morgan fingerprint density at radius 1 is 1.62 bits per heavy atom. The second-order valence-corrected chi connectivity index (χ2v) is 2.94. The lowest BCUT2D eigenvalue weighted by molar-refractivity contribution is -0.151. The van der Waals surface area contributed by atoms with Gasteiger partial charge in [0.1, 0.15) is 0 Å². The SMILES string of the molecule is COC(=O)C1CC(C)=NN1C(C)=O. The highest BCUT2D eigenvalue weighted by Gasteiger charge is 2.34. The van der Waals surface area contributed by atoms with Crippen molar-refractivity contribution in [3.63, 3.8) is 0 Å². The van der Waals surface area contributed by atoms with Gasteiger partial charge in [0.05, 0.1) is 7.11 Å². The van der Waals surface area contributed by atoms with E-state index in [1.54, 1.807) is 6.92 Å². The highest BCUT2D eigenvalue weighted by molar-refractivity contribution is 5.94. The van der Waals surface area contributed by atoms with Crippen molar-refractivity contribution in [3.05, 3.63) is 0 Å². The van der Waals surface area contributed by atoms with Gasteiger partial charge in [-0.2, -0.15) is 5.10 Å². The number of hydrazone groups is 1.